The summed E-state index contributed by atoms with van der Waals surface area (Å²) in [5.74, 6) is -0.450. The van der Waals surface area contributed by atoms with Crippen molar-refractivity contribution in [2.24, 2.45) is 0 Å². The minimum atomic E-state index is -2.22. The fourth-order valence-corrected chi connectivity index (χ4v) is 7.27. The predicted octanol–water partition coefficient (Wildman–Crippen LogP) is 1.71. The standard InChI is InChI=1S/C11H13N2O2.3CH3.Sn/c1-3-10(14)12-13-11(15)9-7-5-4-6-8(9)2;;;;/h4-5,7H,3H2,1-2H3,(H,12,14)(H,13,15);3*1H3;. The zero-order valence-corrected chi connectivity index (χ0v) is 15.1. The van der Waals surface area contributed by atoms with E-state index in [1.165, 1.54) is 3.58 Å². The summed E-state index contributed by atoms with van der Waals surface area (Å²) in [4.78, 5) is 30.2. The molecule has 1 aromatic carbocycles. The Balaban J connectivity index is 2.96. The van der Waals surface area contributed by atoms with E-state index in [1.54, 1.807) is 13.0 Å². The van der Waals surface area contributed by atoms with E-state index < -0.39 is 18.4 Å². The van der Waals surface area contributed by atoms with Crippen molar-refractivity contribution in [2.45, 2.75) is 35.1 Å². The summed E-state index contributed by atoms with van der Waals surface area (Å²) < 4.78 is 1.34. The van der Waals surface area contributed by atoms with Gasteiger partial charge in [-0.1, -0.05) is 0 Å². The molecule has 1 rings (SSSR count). The molecule has 0 aliphatic rings. The summed E-state index contributed by atoms with van der Waals surface area (Å²) in [6.07, 6.45) is 0.345. The van der Waals surface area contributed by atoms with Crippen LogP contribution in [0.15, 0.2) is 18.2 Å². The first-order valence-corrected chi connectivity index (χ1v) is 16.5. The van der Waals surface area contributed by atoms with E-state index >= 15 is 0 Å². The van der Waals surface area contributed by atoms with Crippen molar-refractivity contribution < 1.29 is 9.59 Å². The predicted molar refractivity (Wildman–Crippen MR) is 80.1 cm³/mol. The molecule has 2 amide bonds. The Kier molecular flexibility index (Phi) is 5.40. The third-order valence-electron chi connectivity index (χ3n) is 3.02. The van der Waals surface area contributed by atoms with Gasteiger partial charge in [0.25, 0.3) is 0 Å². The number of hydrogen-bond donors (Lipinski definition) is 2. The second kappa shape index (κ2) is 6.41. The second-order valence-electron chi connectivity index (χ2n) is 5.58. The van der Waals surface area contributed by atoms with Gasteiger partial charge in [0.1, 0.15) is 0 Å². The molecule has 0 aliphatic heterocycles. The molecule has 0 fully saturated rings. The minimum absolute atomic E-state index is 0.197. The zero-order chi connectivity index (χ0) is 14.6. The molecule has 0 heterocycles. The van der Waals surface area contributed by atoms with E-state index in [-0.39, 0.29) is 11.8 Å². The van der Waals surface area contributed by atoms with Crippen molar-refractivity contribution in [1.82, 2.24) is 10.9 Å². The number of benzene rings is 1. The molecular formula is C14H22N2O2Sn. The first kappa shape index (κ1) is 16.0. The van der Waals surface area contributed by atoms with Gasteiger partial charge in [0.15, 0.2) is 0 Å². The summed E-state index contributed by atoms with van der Waals surface area (Å²) in [7, 11) is 0. The quantitative estimate of drug-likeness (QED) is 0.630. The van der Waals surface area contributed by atoms with Crippen LogP contribution in [0.1, 0.15) is 29.3 Å². The van der Waals surface area contributed by atoms with Crippen LogP contribution >= 0.6 is 0 Å². The van der Waals surface area contributed by atoms with Gasteiger partial charge in [0.05, 0.1) is 0 Å². The molecule has 0 radical (unpaired) electrons. The Morgan fingerprint density at radius 3 is 2.32 bits per heavy atom. The molecule has 0 aliphatic carbocycles. The van der Waals surface area contributed by atoms with Gasteiger partial charge >= 0.3 is 119 Å². The van der Waals surface area contributed by atoms with E-state index in [0.29, 0.717) is 12.0 Å². The fourth-order valence-electron chi connectivity index (χ4n) is 1.98. The van der Waals surface area contributed by atoms with Gasteiger partial charge in [0, 0.05) is 0 Å². The number of carbonyl (C=O) groups is 2. The Hall–Kier alpha value is -1.04. The summed E-state index contributed by atoms with van der Waals surface area (Å²) in [6, 6.07) is 5.83. The van der Waals surface area contributed by atoms with Crippen molar-refractivity contribution in [2.75, 3.05) is 0 Å². The SMILES string of the molecule is CCC(=O)NNC(=O)c1ccc[c]([Sn]([CH3])([CH3])[CH3])c1C. The van der Waals surface area contributed by atoms with Crippen molar-refractivity contribution >= 4 is 33.8 Å². The van der Waals surface area contributed by atoms with Crippen molar-refractivity contribution in [3.05, 3.63) is 29.3 Å². The van der Waals surface area contributed by atoms with Crippen molar-refractivity contribution in [3.8, 4) is 0 Å². The number of hydrogen-bond acceptors (Lipinski definition) is 2. The van der Waals surface area contributed by atoms with Crippen molar-refractivity contribution in [1.29, 1.82) is 0 Å². The van der Waals surface area contributed by atoms with Crippen LogP contribution in [0.5, 0.6) is 0 Å². The normalized spacial score (nSPS) is 11.0. The second-order valence-corrected chi connectivity index (χ2v) is 20.0. The molecule has 0 aromatic heterocycles. The van der Waals surface area contributed by atoms with Crippen LogP contribution in [0.2, 0.25) is 14.8 Å². The van der Waals surface area contributed by atoms with E-state index in [0.717, 1.165) is 5.56 Å². The van der Waals surface area contributed by atoms with Gasteiger partial charge in [-0.15, -0.1) is 0 Å². The Morgan fingerprint density at radius 1 is 1.16 bits per heavy atom. The summed E-state index contributed by atoms with van der Waals surface area (Å²) in [6.45, 7) is 3.72. The molecule has 0 atom stereocenters. The summed E-state index contributed by atoms with van der Waals surface area (Å²) in [5, 5.41) is 0. The maximum atomic E-state index is 12.1. The van der Waals surface area contributed by atoms with Crippen LogP contribution in [0, 0.1) is 6.92 Å². The van der Waals surface area contributed by atoms with Crippen LogP contribution in [-0.4, -0.2) is 30.2 Å². The fraction of sp³-hybridized carbons (Fsp3) is 0.429. The molecule has 0 saturated heterocycles. The maximum absolute atomic E-state index is 12.1. The summed E-state index contributed by atoms with van der Waals surface area (Å²) in [5.41, 5.74) is 6.52. The third kappa shape index (κ3) is 4.23. The first-order valence-electron chi connectivity index (χ1n) is 6.46. The molecule has 2 N–H and O–H groups in total. The molecule has 5 heteroatoms. The first-order chi connectivity index (χ1) is 8.77. The number of rotatable bonds is 3. The average Bonchev–Trinajstić information content (AvgIpc) is 2.34. The van der Waals surface area contributed by atoms with Gasteiger partial charge in [-0.3, -0.25) is 0 Å². The molecule has 104 valence electrons. The average molecular weight is 369 g/mol. The molecule has 0 saturated carbocycles. The number of nitrogens with one attached hydrogen (secondary N) is 2. The van der Waals surface area contributed by atoms with E-state index in [2.05, 4.69) is 31.7 Å². The Labute approximate surface area is 118 Å². The molecule has 0 spiro atoms. The van der Waals surface area contributed by atoms with Crippen LogP contribution < -0.4 is 14.4 Å². The molecular weight excluding hydrogens is 347 g/mol. The van der Waals surface area contributed by atoms with Gasteiger partial charge in [0.2, 0.25) is 0 Å². The monoisotopic (exact) mass is 370 g/mol. The van der Waals surface area contributed by atoms with E-state index in [1.807, 2.05) is 13.0 Å². The number of hydrazine groups is 1. The van der Waals surface area contributed by atoms with Gasteiger partial charge < -0.3 is 0 Å². The van der Waals surface area contributed by atoms with E-state index in [9.17, 15) is 9.59 Å². The van der Waals surface area contributed by atoms with Gasteiger partial charge in [-0.25, -0.2) is 0 Å². The number of amides is 2. The van der Waals surface area contributed by atoms with Crippen LogP contribution in [0.3, 0.4) is 0 Å². The molecule has 19 heavy (non-hydrogen) atoms. The number of carbonyl (C=O) groups excluding carboxylic acids is 2. The summed E-state index contributed by atoms with van der Waals surface area (Å²) >= 11 is -2.22. The molecule has 0 unspecified atom stereocenters. The van der Waals surface area contributed by atoms with Crippen LogP contribution in [0.4, 0.5) is 0 Å². The molecule has 0 bridgehead atoms. The van der Waals surface area contributed by atoms with E-state index in [4.69, 9.17) is 0 Å². The Bertz CT molecular complexity index is 493. The van der Waals surface area contributed by atoms with Crippen LogP contribution in [-0.2, 0) is 4.79 Å². The van der Waals surface area contributed by atoms with Gasteiger partial charge in [-0.2, -0.15) is 0 Å². The third-order valence-corrected chi connectivity index (χ3v) is 9.18. The van der Waals surface area contributed by atoms with Crippen LogP contribution in [0.25, 0.3) is 0 Å². The van der Waals surface area contributed by atoms with Gasteiger partial charge in [-0.05, 0) is 0 Å². The zero-order valence-electron chi connectivity index (χ0n) is 12.3. The molecule has 4 nitrogen and oxygen atoms in total. The molecule has 1 aromatic rings. The topological polar surface area (TPSA) is 58.2 Å². The Morgan fingerprint density at radius 2 is 1.79 bits per heavy atom. The van der Waals surface area contributed by atoms with Crippen molar-refractivity contribution in [3.63, 3.8) is 0 Å².